The lowest BCUT2D eigenvalue weighted by Crippen LogP contribution is -2.16. The largest absolute Gasteiger partial charge is 0.481 e. The molecule has 0 fully saturated rings. The molecule has 1 N–H and O–H groups in total. The van der Waals surface area contributed by atoms with E-state index in [1.165, 1.54) is 5.56 Å². The van der Waals surface area contributed by atoms with Crippen molar-refractivity contribution in [2.24, 2.45) is 5.92 Å². The molecular weight excluding hydrogens is 284 g/mol. The zero-order valence-corrected chi connectivity index (χ0v) is 12.8. The lowest BCUT2D eigenvalue weighted by atomic mass is 9.86. The molecule has 3 heteroatoms. The highest BCUT2D eigenvalue weighted by Crippen LogP contribution is 2.27. The van der Waals surface area contributed by atoms with Crippen molar-refractivity contribution in [3.05, 3.63) is 70.7 Å². The van der Waals surface area contributed by atoms with Crippen LogP contribution in [0.4, 0.5) is 0 Å². The first-order chi connectivity index (χ1) is 10.1. The van der Waals surface area contributed by atoms with E-state index in [4.69, 9.17) is 11.6 Å². The molecule has 0 saturated heterocycles. The number of aliphatic carboxylic acids is 1. The van der Waals surface area contributed by atoms with Gasteiger partial charge in [0.2, 0.25) is 0 Å². The van der Waals surface area contributed by atoms with E-state index in [1.807, 2.05) is 18.2 Å². The Morgan fingerprint density at radius 3 is 2.29 bits per heavy atom. The third-order valence-corrected chi connectivity index (χ3v) is 3.89. The first-order valence-electron chi connectivity index (χ1n) is 7.08. The second-order valence-electron chi connectivity index (χ2n) is 5.47. The Morgan fingerprint density at radius 1 is 1.10 bits per heavy atom. The topological polar surface area (TPSA) is 37.3 Å². The van der Waals surface area contributed by atoms with Gasteiger partial charge in [-0.2, -0.15) is 0 Å². The van der Waals surface area contributed by atoms with Crippen LogP contribution in [0.2, 0.25) is 5.02 Å². The summed E-state index contributed by atoms with van der Waals surface area (Å²) < 4.78 is 0. The Labute approximate surface area is 130 Å². The molecule has 0 bridgehead atoms. The van der Waals surface area contributed by atoms with Gasteiger partial charge in [-0.15, -0.1) is 0 Å². The van der Waals surface area contributed by atoms with Crippen LogP contribution < -0.4 is 0 Å². The van der Waals surface area contributed by atoms with Gasteiger partial charge in [-0.1, -0.05) is 61.0 Å². The number of benzene rings is 2. The van der Waals surface area contributed by atoms with Crippen molar-refractivity contribution in [1.82, 2.24) is 0 Å². The fourth-order valence-corrected chi connectivity index (χ4v) is 2.70. The fraction of sp³-hybridized carbons (Fsp3) is 0.278. The molecule has 2 rings (SSSR count). The molecule has 0 heterocycles. The molecule has 0 amide bonds. The molecule has 0 spiro atoms. The molecule has 2 aromatic carbocycles. The number of carbonyl (C=O) groups is 1. The summed E-state index contributed by atoms with van der Waals surface area (Å²) in [6.07, 6.45) is 1.50. The van der Waals surface area contributed by atoms with Crippen molar-refractivity contribution in [3.8, 4) is 0 Å². The van der Waals surface area contributed by atoms with Crippen LogP contribution in [0, 0.1) is 5.92 Å². The van der Waals surface area contributed by atoms with E-state index in [2.05, 4.69) is 19.1 Å². The highest BCUT2D eigenvalue weighted by Gasteiger charge is 2.22. The number of hydrogen-bond acceptors (Lipinski definition) is 1. The van der Waals surface area contributed by atoms with Gasteiger partial charge in [0, 0.05) is 5.02 Å². The van der Waals surface area contributed by atoms with Gasteiger partial charge in [-0.3, -0.25) is 4.79 Å². The summed E-state index contributed by atoms with van der Waals surface area (Å²) in [5.74, 6) is -0.970. The van der Waals surface area contributed by atoms with Crippen molar-refractivity contribution in [1.29, 1.82) is 0 Å². The molecule has 0 radical (unpaired) electrons. The fourth-order valence-electron chi connectivity index (χ4n) is 2.58. The number of hydrogen-bond donors (Lipinski definition) is 1. The Kier molecular flexibility index (Phi) is 5.40. The second-order valence-corrected chi connectivity index (χ2v) is 5.91. The van der Waals surface area contributed by atoms with E-state index in [-0.39, 0.29) is 0 Å². The molecule has 0 saturated carbocycles. The van der Waals surface area contributed by atoms with Gasteiger partial charge < -0.3 is 5.11 Å². The summed E-state index contributed by atoms with van der Waals surface area (Å²) in [6.45, 7) is 2.10. The lowest BCUT2D eigenvalue weighted by molar-refractivity contribution is -0.139. The summed E-state index contributed by atoms with van der Waals surface area (Å²) in [5.41, 5.74) is 2.05. The normalized spacial score (nSPS) is 13.6. The van der Waals surface area contributed by atoms with E-state index in [0.717, 1.165) is 12.0 Å². The minimum Gasteiger partial charge on any atom is -0.481 e. The molecule has 0 aliphatic rings. The van der Waals surface area contributed by atoms with Crippen molar-refractivity contribution >= 4 is 17.6 Å². The van der Waals surface area contributed by atoms with Crippen LogP contribution in [-0.4, -0.2) is 11.1 Å². The SMILES string of the molecule is CC(Cc1ccccc1)CC(C(=O)O)c1ccc(Cl)cc1. The standard InChI is InChI=1S/C18H19ClO2/c1-13(11-14-5-3-2-4-6-14)12-17(18(20)21)15-7-9-16(19)10-8-15/h2-10,13,17H,11-12H2,1H3,(H,20,21). The summed E-state index contributed by atoms with van der Waals surface area (Å²) in [7, 11) is 0. The molecule has 2 aromatic rings. The first-order valence-corrected chi connectivity index (χ1v) is 7.46. The zero-order chi connectivity index (χ0) is 15.2. The van der Waals surface area contributed by atoms with Crippen molar-refractivity contribution < 1.29 is 9.90 Å². The van der Waals surface area contributed by atoms with Gasteiger partial charge in [0.1, 0.15) is 0 Å². The monoisotopic (exact) mass is 302 g/mol. The van der Waals surface area contributed by atoms with Crippen LogP contribution in [0.25, 0.3) is 0 Å². The van der Waals surface area contributed by atoms with Gasteiger partial charge in [-0.25, -0.2) is 0 Å². The molecule has 0 aliphatic heterocycles. The number of halogens is 1. The molecular formula is C18H19ClO2. The van der Waals surface area contributed by atoms with Gasteiger partial charge in [-0.05, 0) is 42.0 Å². The van der Waals surface area contributed by atoms with Crippen LogP contribution in [-0.2, 0) is 11.2 Å². The lowest BCUT2D eigenvalue weighted by Gasteiger charge is -2.18. The molecule has 0 aliphatic carbocycles. The zero-order valence-electron chi connectivity index (χ0n) is 12.0. The predicted molar refractivity (Wildman–Crippen MR) is 85.8 cm³/mol. The molecule has 2 nitrogen and oxygen atoms in total. The van der Waals surface area contributed by atoms with Crippen LogP contribution in [0.5, 0.6) is 0 Å². The number of rotatable bonds is 6. The average molecular weight is 303 g/mol. The summed E-state index contributed by atoms with van der Waals surface area (Å²) in [5, 5.41) is 10.1. The van der Waals surface area contributed by atoms with Gasteiger partial charge >= 0.3 is 5.97 Å². The van der Waals surface area contributed by atoms with Gasteiger partial charge in [0.15, 0.2) is 0 Å². The van der Waals surface area contributed by atoms with E-state index >= 15 is 0 Å². The highest BCUT2D eigenvalue weighted by atomic mass is 35.5. The smallest absolute Gasteiger partial charge is 0.310 e. The van der Waals surface area contributed by atoms with E-state index in [1.54, 1.807) is 24.3 Å². The van der Waals surface area contributed by atoms with E-state index in [0.29, 0.717) is 17.4 Å². The maximum Gasteiger partial charge on any atom is 0.310 e. The minimum atomic E-state index is -0.780. The summed E-state index contributed by atoms with van der Waals surface area (Å²) in [4.78, 5) is 11.5. The first kappa shape index (κ1) is 15.6. The third kappa shape index (κ3) is 4.61. The average Bonchev–Trinajstić information content (AvgIpc) is 2.47. The van der Waals surface area contributed by atoms with Crippen LogP contribution in [0.1, 0.15) is 30.4 Å². The number of carboxylic acid groups (broad SMARTS) is 1. The minimum absolute atomic E-state index is 0.296. The highest BCUT2D eigenvalue weighted by molar-refractivity contribution is 6.30. The predicted octanol–water partition coefficient (Wildman–Crippen LogP) is 4.78. The molecule has 2 unspecified atom stereocenters. The maximum atomic E-state index is 11.5. The van der Waals surface area contributed by atoms with Crippen molar-refractivity contribution in [2.45, 2.75) is 25.7 Å². The van der Waals surface area contributed by atoms with Crippen molar-refractivity contribution in [2.75, 3.05) is 0 Å². The van der Waals surface area contributed by atoms with Crippen LogP contribution in [0.15, 0.2) is 54.6 Å². The van der Waals surface area contributed by atoms with Gasteiger partial charge in [0.05, 0.1) is 5.92 Å². The Morgan fingerprint density at radius 2 is 1.71 bits per heavy atom. The summed E-state index contributed by atoms with van der Waals surface area (Å²) >= 11 is 5.86. The Balaban J connectivity index is 2.06. The molecule has 2 atom stereocenters. The van der Waals surface area contributed by atoms with Crippen LogP contribution >= 0.6 is 11.6 Å². The molecule has 0 aromatic heterocycles. The molecule has 110 valence electrons. The van der Waals surface area contributed by atoms with Gasteiger partial charge in [0.25, 0.3) is 0 Å². The second kappa shape index (κ2) is 7.28. The van der Waals surface area contributed by atoms with E-state index in [9.17, 15) is 9.90 Å². The molecule has 21 heavy (non-hydrogen) atoms. The third-order valence-electron chi connectivity index (χ3n) is 3.64. The summed E-state index contributed by atoms with van der Waals surface area (Å²) in [6, 6.07) is 17.3. The van der Waals surface area contributed by atoms with Crippen molar-refractivity contribution in [3.63, 3.8) is 0 Å². The van der Waals surface area contributed by atoms with E-state index < -0.39 is 11.9 Å². The number of carboxylic acids is 1. The Bertz CT molecular complexity index is 578. The van der Waals surface area contributed by atoms with Crippen LogP contribution in [0.3, 0.4) is 0 Å². The maximum absolute atomic E-state index is 11.5. The quantitative estimate of drug-likeness (QED) is 0.834. The Hall–Kier alpha value is -1.80.